The molecule has 0 spiro atoms. The van der Waals surface area contributed by atoms with Gasteiger partial charge in [-0.25, -0.2) is 9.37 Å². The fourth-order valence-corrected chi connectivity index (χ4v) is 4.31. The topological polar surface area (TPSA) is 50.5 Å². The molecule has 1 fully saturated rings. The van der Waals surface area contributed by atoms with Gasteiger partial charge in [-0.1, -0.05) is 29.3 Å². The van der Waals surface area contributed by atoms with Crippen LogP contribution in [0.2, 0.25) is 0 Å². The van der Waals surface area contributed by atoms with Crippen molar-refractivity contribution in [3.63, 3.8) is 0 Å². The summed E-state index contributed by atoms with van der Waals surface area (Å²) in [5.41, 5.74) is 2.66. The molecule has 0 radical (unpaired) electrons. The van der Waals surface area contributed by atoms with Crippen molar-refractivity contribution in [2.75, 3.05) is 18.0 Å². The van der Waals surface area contributed by atoms with Crippen molar-refractivity contribution in [1.29, 1.82) is 0 Å². The summed E-state index contributed by atoms with van der Waals surface area (Å²) >= 11 is 3.42. The molecule has 0 saturated carbocycles. The Balaban J connectivity index is 1.75. The fraction of sp³-hybridized carbons (Fsp3) is 0.375. The number of unbranched alkanes of at least 4 members (excludes halogenated alkanes) is 1. The lowest BCUT2D eigenvalue weighted by molar-refractivity contribution is 0.622. The second-order valence-corrected chi connectivity index (χ2v) is 8.92. The molecule has 1 saturated heterocycles. The van der Waals surface area contributed by atoms with Crippen molar-refractivity contribution in [2.24, 2.45) is 5.10 Å². The van der Waals surface area contributed by atoms with Crippen LogP contribution in [0, 0.1) is 12.7 Å². The molecule has 1 aromatic heterocycles. The van der Waals surface area contributed by atoms with Gasteiger partial charge in [-0.05, 0) is 62.1 Å². The maximum absolute atomic E-state index is 14.8. The standard InChI is InChI=1S/C24H26BrFN4O/c1-3-4-7-23-28-21-9-8-18(25)14-19(21)24(31)30(23)27-15-17-13-20(26)22(12-16(17)2)29-10-5-6-11-29/h8-9,12-15H,3-7,10-11H2,1-2H3. The Labute approximate surface area is 189 Å². The minimum atomic E-state index is -0.256. The average molecular weight is 485 g/mol. The molecule has 0 N–H and O–H groups in total. The van der Waals surface area contributed by atoms with Crippen molar-refractivity contribution in [1.82, 2.24) is 9.66 Å². The van der Waals surface area contributed by atoms with E-state index in [4.69, 9.17) is 0 Å². The highest BCUT2D eigenvalue weighted by Crippen LogP contribution is 2.26. The lowest BCUT2D eigenvalue weighted by Crippen LogP contribution is -2.22. The number of benzene rings is 2. The Morgan fingerprint density at radius 3 is 2.74 bits per heavy atom. The van der Waals surface area contributed by atoms with E-state index in [-0.39, 0.29) is 11.4 Å². The van der Waals surface area contributed by atoms with Gasteiger partial charge in [0.05, 0.1) is 22.8 Å². The van der Waals surface area contributed by atoms with E-state index in [1.165, 1.54) is 10.7 Å². The second-order valence-electron chi connectivity index (χ2n) is 8.01. The number of rotatable bonds is 6. The third-order valence-corrected chi connectivity index (χ3v) is 6.22. The van der Waals surface area contributed by atoms with Crippen molar-refractivity contribution >= 4 is 38.7 Å². The minimum Gasteiger partial charge on any atom is -0.369 e. The zero-order chi connectivity index (χ0) is 22.0. The van der Waals surface area contributed by atoms with Crippen molar-refractivity contribution in [3.8, 4) is 0 Å². The lowest BCUT2D eigenvalue weighted by atomic mass is 10.1. The van der Waals surface area contributed by atoms with Crippen LogP contribution < -0.4 is 10.5 Å². The lowest BCUT2D eigenvalue weighted by Gasteiger charge is -2.19. The van der Waals surface area contributed by atoms with E-state index in [1.54, 1.807) is 12.3 Å². The van der Waals surface area contributed by atoms with Crippen LogP contribution in [-0.2, 0) is 6.42 Å². The van der Waals surface area contributed by atoms with Crippen LogP contribution in [0.1, 0.15) is 49.6 Å². The van der Waals surface area contributed by atoms with Crippen molar-refractivity contribution < 1.29 is 4.39 Å². The number of anilines is 1. The van der Waals surface area contributed by atoms with E-state index in [9.17, 15) is 9.18 Å². The third kappa shape index (κ3) is 4.56. The highest BCUT2D eigenvalue weighted by atomic mass is 79.9. The predicted molar refractivity (Wildman–Crippen MR) is 128 cm³/mol. The molecule has 0 unspecified atom stereocenters. The smallest absolute Gasteiger partial charge is 0.282 e. The van der Waals surface area contributed by atoms with Gasteiger partial charge < -0.3 is 4.90 Å². The normalized spacial score (nSPS) is 14.3. The van der Waals surface area contributed by atoms with Crippen LogP contribution in [0.15, 0.2) is 44.7 Å². The maximum atomic E-state index is 14.8. The first-order valence-electron chi connectivity index (χ1n) is 10.8. The molecule has 0 amide bonds. The quantitative estimate of drug-likeness (QED) is 0.438. The largest absolute Gasteiger partial charge is 0.369 e. The molecular weight excluding hydrogens is 459 g/mol. The van der Waals surface area contributed by atoms with Gasteiger partial charge in [-0.3, -0.25) is 4.79 Å². The van der Waals surface area contributed by atoms with Gasteiger partial charge in [0.2, 0.25) is 0 Å². The number of halogens is 2. The fourth-order valence-electron chi connectivity index (χ4n) is 3.95. The van der Waals surface area contributed by atoms with E-state index < -0.39 is 0 Å². The SMILES string of the molecule is CCCCc1nc2ccc(Br)cc2c(=O)n1N=Cc1cc(F)c(N2CCCC2)cc1C. The van der Waals surface area contributed by atoms with Gasteiger partial charge in [0, 0.05) is 29.5 Å². The molecule has 2 aromatic carbocycles. The summed E-state index contributed by atoms with van der Waals surface area (Å²) in [6.45, 7) is 5.81. The molecule has 7 heteroatoms. The molecule has 5 nitrogen and oxygen atoms in total. The summed E-state index contributed by atoms with van der Waals surface area (Å²) in [5, 5.41) is 4.96. The van der Waals surface area contributed by atoms with Gasteiger partial charge in [-0.2, -0.15) is 9.78 Å². The van der Waals surface area contributed by atoms with Crippen LogP contribution in [0.5, 0.6) is 0 Å². The Hall–Kier alpha value is -2.54. The second kappa shape index (κ2) is 9.30. The number of fused-ring (bicyclic) bond motifs is 1. The highest BCUT2D eigenvalue weighted by molar-refractivity contribution is 9.10. The Morgan fingerprint density at radius 2 is 2.00 bits per heavy atom. The molecule has 1 aliphatic rings. The van der Waals surface area contributed by atoms with Crippen LogP contribution in [0.25, 0.3) is 10.9 Å². The van der Waals surface area contributed by atoms with E-state index in [2.05, 4.69) is 37.8 Å². The first kappa shape index (κ1) is 21.7. The predicted octanol–water partition coefficient (Wildman–Crippen LogP) is 5.43. The van der Waals surface area contributed by atoms with E-state index >= 15 is 0 Å². The van der Waals surface area contributed by atoms with Crippen molar-refractivity contribution in [2.45, 2.75) is 46.0 Å². The number of hydrogen-bond donors (Lipinski definition) is 0. The van der Waals surface area contributed by atoms with Gasteiger partial charge >= 0.3 is 0 Å². The monoisotopic (exact) mass is 484 g/mol. The zero-order valence-corrected chi connectivity index (χ0v) is 19.5. The van der Waals surface area contributed by atoms with E-state index in [0.717, 1.165) is 48.8 Å². The average Bonchev–Trinajstić information content (AvgIpc) is 3.29. The molecule has 0 bridgehead atoms. The number of aromatic nitrogens is 2. The molecule has 0 atom stereocenters. The first-order chi connectivity index (χ1) is 15.0. The van der Waals surface area contributed by atoms with Crippen LogP contribution in [0.4, 0.5) is 10.1 Å². The summed E-state index contributed by atoms with van der Waals surface area (Å²) in [4.78, 5) is 19.9. The summed E-state index contributed by atoms with van der Waals surface area (Å²) in [5.74, 6) is 0.359. The molecule has 3 aromatic rings. The molecular formula is C24H26BrFN4O. The summed E-state index contributed by atoms with van der Waals surface area (Å²) in [6.07, 6.45) is 6.29. The van der Waals surface area contributed by atoms with Gasteiger partial charge in [0.1, 0.15) is 11.6 Å². The summed E-state index contributed by atoms with van der Waals surface area (Å²) < 4.78 is 17.0. The summed E-state index contributed by atoms with van der Waals surface area (Å²) in [7, 11) is 0. The molecule has 31 heavy (non-hydrogen) atoms. The van der Waals surface area contributed by atoms with Gasteiger partial charge in [-0.15, -0.1) is 0 Å². The molecule has 0 aliphatic carbocycles. The first-order valence-corrected chi connectivity index (χ1v) is 11.6. The Morgan fingerprint density at radius 1 is 1.23 bits per heavy atom. The summed E-state index contributed by atoms with van der Waals surface area (Å²) in [6, 6.07) is 8.85. The van der Waals surface area contributed by atoms with Crippen LogP contribution >= 0.6 is 15.9 Å². The number of nitrogens with zero attached hydrogens (tertiary/aromatic N) is 4. The number of hydrogen-bond acceptors (Lipinski definition) is 4. The van der Waals surface area contributed by atoms with Gasteiger partial charge in [0.15, 0.2) is 0 Å². The van der Waals surface area contributed by atoms with E-state index in [0.29, 0.717) is 34.4 Å². The Bertz CT molecular complexity index is 1200. The van der Waals surface area contributed by atoms with Crippen LogP contribution in [-0.4, -0.2) is 29.0 Å². The molecule has 4 rings (SSSR count). The van der Waals surface area contributed by atoms with E-state index in [1.807, 2.05) is 25.1 Å². The molecule has 1 aliphatic heterocycles. The zero-order valence-electron chi connectivity index (χ0n) is 17.9. The maximum Gasteiger partial charge on any atom is 0.282 e. The molecule has 2 heterocycles. The van der Waals surface area contributed by atoms with Crippen LogP contribution in [0.3, 0.4) is 0 Å². The highest BCUT2D eigenvalue weighted by Gasteiger charge is 2.17. The third-order valence-electron chi connectivity index (χ3n) is 5.72. The van der Waals surface area contributed by atoms with Crippen molar-refractivity contribution in [3.05, 3.63) is 67.9 Å². The Kier molecular flexibility index (Phi) is 6.51. The van der Waals surface area contributed by atoms with Gasteiger partial charge in [0.25, 0.3) is 5.56 Å². The molecule has 162 valence electrons. The minimum absolute atomic E-state index is 0.222. The number of aryl methyl sites for hydroxylation is 2.